The van der Waals surface area contributed by atoms with Gasteiger partial charge >= 0.3 is 6.16 Å². The maximum absolute atomic E-state index is 13.9. The zero-order valence-corrected chi connectivity index (χ0v) is 21.7. The number of rotatable bonds is 7. The van der Waals surface area contributed by atoms with Crippen molar-refractivity contribution in [3.63, 3.8) is 0 Å². The van der Waals surface area contributed by atoms with Crippen LogP contribution in [-0.4, -0.2) is 53.7 Å². The number of piperidine rings is 3. The summed E-state index contributed by atoms with van der Waals surface area (Å²) in [6.07, 6.45) is 2.58. The highest BCUT2D eigenvalue weighted by molar-refractivity contribution is 5.96. The molecule has 0 radical (unpaired) electrons. The maximum atomic E-state index is 13.9. The van der Waals surface area contributed by atoms with E-state index >= 15 is 0 Å². The number of aromatic nitrogens is 1. The Morgan fingerprint density at radius 3 is 2.11 bits per heavy atom. The molecule has 1 aromatic heterocycles. The van der Waals surface area contributed by atoms with Crippen molar-refractivity contribution >= 4 is 11.9 Å². The van der Waals surface area contributed by atoms with Gasteiger partial charge in [-0.25, -0.2) is 13.6 Å². The van der Waals surface area contributed by atoms with E-state index in [9.17, 15) is 18.4 Å². The van der Waals surface area contributed by atoms with Gasteiger partial charge in [-0.1, -0.05) is 24.3 Å². The third kappa shape index (κ3) is 6.22. The average molecular weight is 573 g/mol. The number of carbonyl (C=O) groups is 2. The van der Waals surface area contributed by atoms with Gasteiger partial charge in [0, 0.05) is 47.8 Å². The van der Waals surface area contributed by atoms with Crippen LogP contribution in [0.3, 0.4) is 0 Å². The quantitative estimate of drug-likeness (QED) is 0.246. The summed E-state index contributed by atoms with van der Waals surface area (Å²) >= 11 is 0. The highest BCUT2D eigenvalue weighted by Crippen LogP contribution is 2.36. The van der Waals surface area contributed by atoms with E-state index in [1.54, 1.807) is 36.7 Å². The van der Waals surface area contributed by atoms with Crippen LogP contribution in [0.25, 0.3) is 0 Å². The molecular formula is C28H27BrF2N2O4. The molecule has 0 amide bonds. The Bertz CT molecular complexity index is 1210. The van der Waals surface area contributed by atoms with Gasteiger partial charge in [-0.2, -0.15) is 0 Å². The molecular weight excluding hydrogens is 546 g/mol. The first-order valence-corrected chi connectivity index (χ1v) is 12.1. The first-order chi connectivity index (χ1) is 17.4. The predicted octanol–water partition coefficient (Wildman–Crippen LogP) is 2.10. The van der Waals surface area contributed by atoms with Crippen LogP contribution >= 0.6 is 0 Å². The number of nitrogens with zero attached hydrogens (tertiary/aromatic N) is 2. The number of ether oxygens (including phenoxy) is 2. The smallest absolute Gasteiger partial charge is 0.509 e. The van der Waals surface area contributed by atoms with Gasteiger partial charge in [0.2, 0.25) is 5.78 Å². The number of benzene rings is 2. The number of hydrogen-bond acceptors (Lipinski definition) is 5. The molecule has 2 bridgehead atoms. The topological polar surface area (TPSA) is 65.5 Å². The number of Topliss-reactive ketones (excluding diaryl/α,β-unsaturated/α-hetero) is 1. The van der Waals surface area contributed by atoms with Crippen LogP contribution in [0.15, 0.2) is 73.1 Å². The highest BCUT2D eigenvalue weighted by atomic mass is 79.9. The molecule has 6 rings (SSSR count). The van der Waals surface area contributed by atoms with Crippen molar-refractivity contribution in [2.24, 2.45) is 5.92 Å². The largest absolute Gasteiger partial charge is 1.00 e. The van der Waals surface area contributed by atoms with Crippen molar-refractivity contribution in [3.05, 3.63) is 101 Å². The number of ketones is 1. The molecule has 3 aromatic rings. The van der Waals surface area contributed by atoms with Crippen molar-refractivity contribution in [3.8, 4) is 0 Å². The fourth-order valence-corrected chi connectivity index (χ4v) is 5.43. The molecule has 0 spiro atoms. The molecule has 3 saturated heterocycles. The molecule has 3 aliphatic rings. The molecule has 2 aromatic carbocycles. The monoisotopic (exact) mass is 572 g/mol. The third-order valence-electron chi connectivity index (χ3n) is 7.29. The Hall–Kier alpha value is -3.17. The Balaban J connectivity index is 0.00000320. The first kappa shape index (κ1) is 26.9. The molecule has 6 nitrogen and oxygen atoms in total. The van der Waals surface area contributed by atoms with Gasteiger partial charge in [0.05, 0.1) is 13.1 Å². The van der Waals surface area contributed by atoms with Crippen LogP contribution in [0.2, 0.25) is 0 Å². The zero-order chi connectivity index (χ0) is 25.1. The molecule has 0 N–H and O–H groups in total. The molecule has 194 valence electrons. The molecule has 4 heterocycles. The number of quaternary nitrogens is 1. The Morgan fingerprint density at radius 1 is 0.946 bits per heavy atom. The number of halogens is 3. The molecule has 9 heteroatoms. The standard InChI is InChI=1S/C28H27F2N2O4.BrH/c29-23-5-1-3-21(15-23)27(22-4-2-6-24(30)16-22)36-28(34)35-26-18-32(13-9-20(26)10-14-32)17-25(33)19-7-11-31-12-8-19;/h1-8,11-12,15-16,20,26-27H,9-10,13-14,17-18H2;1H/q+1;/p-1/t20?,26-,32?;/m0./s1. The normalized spacial score (nSPS) is 22.2. The van der Waals surface area contributed by atoms with E-state index in [1.165, 1.54) is 36.4 Å². The summed E-state index contributed by atoms with van der Waals surface area (Å²) in [5, 5.41) is 0. The van der Waals surface area contributed by atoms with Gasteiger partial charge in [-0.3, -0.25) is 9.78 Å². The second-order valence-electron chi connectivity index (χ2n) is 9.64. The van der Waals surface area contributed by atoms with E-state index in [0.29, 0.717) is 34.3 Å². The van der Waals surface area contributed by atoms with Crippen LogP contribution in [0.5, 0.6) is 0 Å². The van der Waals surface area contributed by atoms with Crippen molar-refractivity contribution in [2.45, 2.75) is 25.0 Å². The minimum Gasteiger partial charge on any atom is -1.00 e. The second kappa shape index (κ2) is 11.5. The summed E-state index contributed by atoms with van der Waals surface area (Å²) in [4.78, 5) is 29.8. The van der Waals surface area contributed by atoms with E-state index in [-0.39, 0.29) is 28.7 Å². The lowest BCUT2D eigenvalue weighted by Gasteiger charge is -2.51. The number of carbonyl (C=O) groups excluding carboxylic acids is 2. The van der Waals surface area contributed by atoms with Crippen molar-refractivity contribution in [1.29, 1.82) is 0 Å². The zero-order valence-electron chi connectivity index (χ0n) is 20.1. The highest BCUT2D eigenvalue weighted by Gasteiger charge is 2.49. The van der Waals surface area contributed by atoms with Gasteiger partial charge in [0.25, 0.3) is 0 Å². The fourth-order valence-electron chi connectivity index (χ4n) is 5.43. The van der Waals surface area contributed by atoms with Crippen molar-refractivity contribution in [2.75, 3.05) is 26.2 Å². The lowest BCUT2D eigenvalue weighted by atomic mass is 9.83. The predicted molar refractivity (Wildman–Crippen MR) is 127 cm³/mol. The Morgan fingerprint density at radius 2 is 1.54 bits per heavy atom. The summed E-state index contributed by atoms with van der Waals surface area (Å²) < 4.78 is 39.8. The van der Waals surface area contributed by atoms with Gasteiger partial charge in [-0.05, 0) is 36.4 Å². The lowest BCUT2D eigenvalue weighted by Crippen LogP contribution is -3.00. The van der Waals surface area contributed by atoms with E-state index in [2.05, 4.69) is 4.98 Å². The second-order valence-corrected chi connectivity index (χ2v) is 9.64. The van der Waals surface area contributed by atoms with Gasteiger partial charge < -0.3 is 30.9 Å². The van der Waals surface area contributed by atoms with E-state index in [4.69, 9.17) is 9.47 Å². The van der Waals surface area contributed by atoms with Crippen LogP contribution in [-0.2, 0) is 9.47 Å². The summed E-state index contributed by atoms with van der Waals surface area (Å²) in [6.45, 7) is 2.57. The van der Waals surface area contributed by atoms with E-state index < -0.39 is 30.0 Å². The van der Waals surface area contributed by atoms with Gasteiger partial charge in [0.15, 0.2) is 12.2 Å². The first-order valence-electron chi connectivity index (χ1n) is 12.1. The number of fused-ring (bicyclic) bond motifs is 3. The van der Waals surface area contributed by atoms with Crippen molar-refractivity contribution < 1.29 is 49.3 Å². The minimum absolute atomic E-state index is 0. The minimum atomic E-state index is -1.03. The third-order valence-corrected chi connectivity index (χ3v) is 7.29. The lowest BCUT2D eigenvalue weighted by molar-refractivity contribution is -0.938. The molecule has 3 fully saturated rings. The maximum Gasteiger partial charge on any atom is 0.509 e. The molecule has 0 unspecified atom stereocenters. The fraction of sp³-hybridized carbons (Fsp3) is 0.321. The molecule has 3 aliphatic heterocycles. The average Bonchev–Trinajstić information content (AvgIpc) is 2.88. The number of hydrogen-bond donors (Lipinski definition) is 0. The van der Waals surface area contributed by atoms with Crippen LogP contribution in [0.4, 0.5) is 13.6 Å². The summed E-state index contributed by atoms with van der Waals surface area (Å²) in [5.41, 5.74) is 1.37. The molecule has 0 saturated carbocycles. The van der Waals surface area contributed by atoms with Crippen molar-refractivity contribution in [1.82, 2.24) is 4.98 Å². The summed E-state index contributed by atoms with van der Waals surface area (Å²) in [7, 11) is 0. The number of pyridine rings is 1. The molecule has 37 heavy (non-hydrogen) atoms. The summed E-state index contributed by atoms with van der Waals surface area (Å²) in [6, 6.07) is 14.7. The van der Waals surface area contributed by atoms with Crippen LogP contribution in [0.1, 0.15) is 40.4 Å². The molecule has 0 aliphatic carbocycles. The van der Waals surface area contributed by atoms with Gasteiger partial charge in [-0.15, -0.1) is 0 Å². The molecule has 1 atom stereocenters. The Kier molecular flexibility index (Phi) is 8.34. The van der Waals surface area contributed by atoms with E-state index in [1.807, 2.05) is 0 Å². The summed E-state index contributed by atoms with van der Waals surface area (Å²) in [5.74, 6) is -0.756. The van der Waals surface area contributed by atoms with Gasteiger partial charge in [0.1, 0.15) is 24.7 Å². The van der Waals surface area contributed by atoms with E-state index in [0.717, 1.165) is 25.9 Å². The SMILES string of the molecule is O=C(OC(c1cccc(F)c1)c1cccc(F)c1)O[C@H]1C[N+]2(CC(=O)c3ccncc3)CCC1CC2.[Br-]. The Labute approximate surface area is 224 Å². The van der Waals surface area contributed by atoms with Crippen LogP contribution in [0, 0.1) is 17.6 Å². The van der Waals surface area contributed by atoms with Crippen LogP contribution < -0.4 is 17.0 Å².